The van der Waals surface area contributed by atoms with Crippen LogP contribution in [0, 0.1) is 5.92 Å². The molecule has 2 amide bonds. The summed E-state index contributed by atoms with van der Waals surface area (Å²) in [6.07, 6.45) is 3.93. The zero-order chi connectivity index (χ0) is 17.1. The van der Waals surface area contributed by atoms with E-state index in [0.717, 1.165) is 18.5 Å². The summed E-state index contributed by atoms with van der Waals surface area (Å²) in [5.41, 5.74) is 0.778. The third-order valence-corrected chi connectivity index (χ3v) is 4.71. The van der Waals surface area contributed by atoms with Crippen LogP contribution in [-0.2, 0) is 20.9 Å². The first-order valence-electron chi connectivity index (χ1n) is 8.27. The fourth-order valence-corrected chi connectivity index (χ4v) is 3.46. The van der Waals surface area contributed by atoms with E-state index in [0.29, 0.717) is 26.1 Å². The molecule has 1 N–H and O–H groups in total. The first-order valence-corrected chi connectivity index (χ1v) is 8.27. The van der Waals surface area contributed by atoms with Gasteiger partial charge in [-0.1, -0.05) is 6.07 Å². The van der Waals surface area contributed by atoms with Crippen LogP contribution in [0.3, 0.4) is 0 Å². The summed E-state index contributed by atoms with van der Waals surface area (Å²) in [6, 6.07) is 4.75. The normalized spacial score (nSPS) is 24.2. The van der Waals surface area contributed by atoms with Gasteiger partial charge in [-0.05, 0) is 31.4 Å². The van der Waals surface area contributed by atoms with E-state index in [1.807, 2.05) is 18.2 Å². The Morgan fingerprint density at radius 3 is 2.83 bits per heavy atom. The number of amides is 2. The molecule has 24 heavy (non-hydrogen) atoms. The first kappa shape index (κ1) is 16.4. The van der Waals surface area contributed by atoms with Gasteiger partial charge in [0.1, 0.15) is 6.04 Å². The maximum Gasteiger partial charge on any atom is 0.326 e. The summed E-state index contributed by atoms with van der Waals surface area (Å²) in [7, 11) is 0. The second-order valence-electron chi connectivity index (χ2n) is 6.38. The largest absolute Gasteiger partial charge is 0.480 e. The molecule has 7 nitrogen and oxygen atoms in total. The van der Waals surface area contributed by atoms with Gasteiger partial charge >= 0.3 is 5.97 Å². The molecule has 2 aliphatic rings. The molecule has 0 saturated carbocycles. The minimum absolute atomic E-state index is 0.0807. The third kappa shape index (κ3) is 3.39. The SMILES string of the molecule is O=C(O)[C@@H]1CCCCN1C(=O)[C@@H]1CC(=O)N(Cc2ccccn2)C1. The van der Waals surface area contributed by atoms with Crippen LogP contribution in [0.25, 0.3) is 0 Å². The Kier molecular flexibility index (Phi) is 4.78. The molecule has 1 aromatic rings. The number of piperidine rings is 1. The van der Waals surface area contributed by atoms with Gasteiger partial charge in [0.15, 0.2) is 0 Å². The predicted octanol–water partition coefficient (Wildman–Crippen LogP) is 0.896. The van der Waals surface area contributed by atoms with Crippen molar-refractivity contribution in [3.05, 3.63) is 30.1 Å². The zero-order valence-corrected chi connectivity index (χ0v) is 13.4. The van der Waals surface area contributed by atoms with E-state index < -0.39 is 17.9 Å². The van der Waals surface area contributed by atoms with Crippen molar-refractivity contribution in [3.63, 3.8) is 0 Å². The number of hydrogen-bond donors (Lipinski definition) is 1. The van der Waals surface area contributed by atoms with Crippen molar-refractivity contribution in [1.29, 1.82) is 0 Å². The molecule has 3 heterocycles. The van der Waals surface area contributed by atoms with Gasteiger partial charge in [0.25, 0.3) is 0 Å². The molecule has 3 rings (SSSR count). The fourth-order valence-electron chi connectivity index (χ4n) is 3.46. The van der Waals surface area contributed by atoms with Crippen LogP contribution in [0.1, 0.15) is 31.4 Å². The summed E-state index contributed by atoms with van der Waals surface area (Å²) in [5.74, 6) is -1.71. The Hall–Kier alpha value is -2.44. The van der Waals surface area contributed by atoms with Crippen LogP contribution in [0.15, 0.2) is 24.4 Å². The third-order valence-electron chi connectivity index (χ3n) is 4.71. The Morgan fingerprint density at radius 1 is 1.29 bits per heavy atom. The highest BCUT2D eigenvalue weighted by atomic mass is 16.4. The average molecular weight is 331 g/mol. The van der Waals surface area contributed by atoms with Crippen LogP contribution < -0.4 is 0 Å². The van der Waals surface area contributed by atoms with Crippen molar-refractivity contribution in [2.75, 3.05) is 13.1 Å². The molecule has 2 atom stereocenters. The molecule has 2 fully saturated rings. The van der Waals surface area contributed by atoms with Crippen molar-refractivity contribution in [2.24, 2.45) is 5.92 Å². The van der Waals surface area contributed by atoms with Gasteiger partial charge in [0, 0.05) is 25.7 Å². The second kappa shape index (κ2) is 6.98. The minimum Gasteiger partial charge on any atom is -0.480 e. The number of carbonyl (C=O) groups is 3. The van der Waals surface area contributed by atoms with E-state index in [2.05, 4.69) is 4.98 Å². The van der Waals surface area contributed by atoms with E-state index in [4.69, 9.17) is 0 Å². The molecule has 2 aliphatic heterocycles. The topological polar surface area (TPSA) is 90.8 Å². The Bertz CT molecular complexity index is 634. The lowest BCUT2D eigenvalue weighted by Gasteiger charge is -2.34. The number of aromatic nitrogens is 1. The maximum absolute atomic E-state index is 12.7. The number of hydrogen-bond acceptors (Lipinski definition) is 4. The predicted molar refractivity (Wildman–Crippen MR) is 84.7 cm³/mol. The number of carboxylic acids is 1. The summed E-state index contributed by atoms with van der Waals surface area (Å²) >= 11 is 0. The van der Waals surface area contributed by atoms with Crippen LogP contribution >= 0.6 is 0 Å². The van der Waals surface area contributed by atoms with Gasteiger partial charge < -0.3 is 14.9 Å². The number of carbonyl (C=O) groups excluding carboxylic acids is 2. The smallest absolute Gasteiger partial charge is 0.326 e. The standard InChI is InChI=1S/C17H21N3O4/c21-15-9-12(10-19(15)11-13-5-1-3-7-18-13)16(22)20-8-4-2-6-14(20)17(23)24/h1,3,5,7,12,14H,2,4,6,8-11H2,(H,23,24)/t12-,14+/m1/s1. The Labute approximate surface area is 140 Å². The first-order chi connectivity index (χ1) is 11.6. The number of aliphatic carboxylic acids is 1. The number of carboxylic acid groups (broad SMARTS) is 1. The lowest BCUT2D eigenvalue weighted by Crippen LogP contribution is -2.50. The lowest BCUT2D eigenvalue weighted by atomic mass is 9.98. The van der Waals surface area contributed by atoms with Crippen molar-refractivity contribution >= 4 is 17.8 Å². The van der Waals surface area contributed by atoms with Crippen molar-refractivity contribution in [3.8, 4) is 0 Å². The monoisotopic (exact) mass is 331 g/mol. The molecule has 0 unspecified atom stereocenters. The highest BCUT2D eigenvalue weighted by molar-refractivity contribution is 5.91. The molecule has 0 radical (unpaired) electrons. The van der Waals surface area contributed by atoms with Gasteiger partial charge in [0.05, 0.1) is 18.2 Å². The maximum atomic E-state index is 12.7. The highest BCUT2D eigenvalue weighted by Crippen LogP contribution is 2.26. The zero-order valence-electron chi connectivity index (χ0n) is 13.4. The fraction of sp³-hybridized carbons (Fsp3) is 0.529. The molecular formula is C17H21N3O4. The molecular weight excluding hydrogens is 310 g/mol. The highest BCUT2D eigenvalue weighted by Gasteiger charge is 2.40. The summed E-state index contributed by atoms with van der Waals surface area (Å²) in [6.45, 7) is 1.17. The lowest BCUT2D eigenvalue weighted by molar-refractivity contribution is -0.153. The van der Waals surface area contributed by atoms with Crippen LogP contribution in [-0.4, -0.2) is 56.8 Å². The summed E-state index contributed by atoms with van der Waals surface area (Å²) in [4.78, 5) is 43.6. The molecule has 0 aromatic carbocycles. The van der Waals surface area contributed by atoms with Gasteiger partial charge in [-0.3, -0.25) is 14.6 Å². The minimum atomic E-state index is -0.960. The van der Waals surface area contributed by atoms with Crippen molar-refractivity contribution in [2.45, 2.75) is 38.3 Å². The summed E-state index contributed by atoms with van der Waals surface area (Å²) < 4.78 is 0. The van der Waals surface area contributed by atoms with Gasteiger partial charge in [-0.2, -0.15) is 0 Å². The molecule has 1 aromatic heterocycles. The van der Waals surface area contributed by atoms with Crippen molar-refractivity contribution < 1.29 is 19.5 Å². The van der Waals surface area contributed by atoms with Crippen LogP contribution in [0.2, 0.25) is 0 Å². The van der Waals surface area contributed by atoms with Gasteiger partial charge in [0.2, 0.25) is 11.8 Å². The van der Waals surface area contributed by atoms with E-state index in [-0.39, 0.29) is 18.2 Å². The van der Waals surface area contributed by atoms with Crippen molar-refractivity contribution in [1.82, 2.24) is 14.8 Å². The Balaban J connectivity index is 1.66. The van der Waals surface area contributed by atoms with E-state index in [1.165, 1.54) is 4.90 Å². The van der Waals surface area contributed by atoms with Crippen LogP contribution in [0.5, 0.6) is 0 Å². The number of nitrogens with zero attached hydrogens (tertiary/aromatic N) is 3. The number of rotatable bonds is 4. The van der Waals surface area contributed by atoms with Gasteiger partial charge in [-0.15, -0.1) is 0 Å². The molecule has 7 heteroatoms. The van der Waals surface area contributed by atoms with E-state index >= 15 is 0 Å². The molecule has 2 saturated heterocycles. The molecule has 0 aliphatic carbocycles. The molecule has 0 bridgehead atoms. The number of likely N-dealkylation sites (tertiary alicyclic amines) is 2. The summed E-state index contributed by atoms with van der Waals surface area (Å²) in [5, 5.41) is 9.32. The number of pyridine rings is 1. The Morgan fingerprint density at radius 2 is 2.12 bits per heavy atom. The molecule has 0 spiro atoms. The van der Waals surface area contributed by atoms with Crippen LogP contribution in [0.4, 0.5) is 0 Å². The second-order valence-corrected chi connectivity index (χ2v) is 6.38. The van der Waals surface area contributed by atoms with E-state index in [9.17, 15) is 19.5 Å². The van der Waals surface area contributed by atoms with Gasteiger partial charge in [-0.25, -0.2) is 4.79 Å². The van der Waals surface area contributed by atoms with E-state index in [1.54, 1.807) is 11.1 Å². The average Bonchev–Trinajstić information content (AvgIpc) is 2.96. The quantitative estimate of drug-likeness (QED) is 0.885. The molecule has 128 valence electrons.